The number of likely N-dealkylation sites (N-methyl/N-ethyl adjacent to an activating group) is 1. The molecule has 3 nitrogen and oxygen atoms in total. The lowest BCUT2D eigenvalue weighted by atomic mass is 10.2. The number of hydrogen-bond donors (Lipinski definition) is 2. The van der Waals surface area contributed by atoms with Crippen molar-refractivity contribution in [3.63, 3.8) is 0 Å². The summed E-state index contributed by atoms with van der Waals surface area (Å²) in [6.45, 7) is 1.35. The second-order valence-electron chi connectivity index (χ2n) is 3.70. The number of hydrogen-bond acceptors (Lipinski definition) is 2. The molecule has 0 heterocycles. The molecule has 0 aromatic carbocycles. The molecule has 0 amide bonds. The molecule has 0 fully saturated rings. The van der Waals surface area contributed by atoms with Crippen molar-refractivity contribution in [1.82, 2.24) is 0 Å². The highest BCUT2D eigenvalue weighted by molar-refractivity contribution is 4.52. The summed E-state index contributed by atoms with van der Waals surface area (Å²) < 4.78 is 0.793. The summed E-state index contributed by atoms with van der Waals surface area (Å²) in [4.78, 5) is 0. The molecule has 62 valence electrons. The molecule has 1 atom stereocenters. The van der Waals surface area contributed by atoms with Crippen molar-refractivity contribution in [2.75, 3.05) is 34.2 Å². The lowest BCUT2D eigenvalue weighted by Gasteiger charge is -2.26. The summed E-state index contributed by atoms with van der Waals surface area (Å²) in [7, 11) is 6.17. The number of aliphatic hydroxyl groups is 1. The molecule has 0 aliphatic carbocycles. The number of rotatable bonds is 4. The van der Waals surface area contributed by atoms with Crippen LogP contribution in [-0.4, -0.2) is 49.9 Å². The predicted molar refractivity (Wildman–Crippen MR) is 42.6 cm³/mol. The van der Waals surface area contributed by atoms with E-state index in [9.17, 15) is 5.11 Å². The van der Waals surface area contributed by atoms with Crippen LogP contribution < -0.4 is 5.73 Å². The molecule has 0 aromatic rings. The molecular weight excluding hydrogens is 128 g/mol. The van der Waals surface area contributed by atoms with Crippen molar-refractivity contribution >= 4 is 0 Å². The van der Waals surface area contributed by atoms with E-state index in [1.165, 1.54) is 0 Å². The highest BCUT2D eigenvalue weighted by Gasteiger charge is 2.13. The second-order valence-corrected chi connectivity index (χ2v) is 3.70. The minimum atomic E-state index is -0.245. The first kappa shape index (κ1) is 9.88. The van der Waals surface area contributed by atoms with Gasteiger partial charge in [0.15, 0.2) is 0 Å². The van der Waals surface area contributed by atoms with Crippen LogP contribution in [0.1, 0.15) is 6.42 Å². The molecule has 0 aliphatic rings. The Balaban J connectivity index is 3.47. The van der Waals surface area contributed by atoms with E-state index >= 15 is 0 Å². The molecule has 0 aromatic heterocycles. The maximum absolute atomic E-state index is 9.29. The van der Waals surface area contributed by atoms with Crippen molar-refractivity contribution in [3.8, 4) is 0 Å². The zero-order valence-corrected chi connectivity index (χ0v) is 7.17. The van der Waals surface area contributed by atoms with E-state index < -0.39 is 0 Å². The van der Waals surface area contributed by atoms with Crippen molar-refractivity contribution in [1.29, 1.82) is 0 Å². The zero-order chi connectivity index (χ0) is 8.20. The fraction of sp³-hybridized carbons (Fsp3) is 1.00. The third kappa shape index (κ3) is 6.01. The number of quaternary nitrogens is 1. The standard InChI is InChI=1S/C7H19N2O/c1-9(2,3)6-7(10)4-5-8/h7,10H,4-6,8H2,1-3H3/q+1. The minimum Gasteiger partial charge on any atom is -0.387 e. The Labute approximate surface area is 63.0 Å². The monoisotopic (exact) mass is 147 g/mol. The van der Waals surface area contributed by atoms with Gasteiger partial charge >= 0.3 is 0 Å². The van der Waals surface area contributed by atoms with Gasteiger partial charge in [-0.25, -0.2) is 0 Å². The minimum absolute atomic E-state index is 0.245. The molecule has 1 unspecified atom stereocenters. The Bertz CT molecular complexity index is 88.1. The first-order valence-corrected chi connectivity index (χ1v) is 3.64. The number of nitrogens with two attached hydrogens (primary N) is 1. The highest BCUT2D eigenvalue weighted by Crippen LogP contribution is 1.97. The second kappa shape index (κ2) is 3.91. The molecular formula is C7H19N2O+. The lowest BCUT2D eigenvalue weighted by molar-refractivity contribution is -0.873. The van der Waals surface area contributed by atoms with Crippen LogP contribution >= 0.6 is 0 Å². The molecule has 0 spiro atoms. The molecule has 3 N–H and O–H groups in total. The first-order chi connectivity index (χ1) is 4.45. The third-order valence-electron chi connectivity index (χ3n) is 1.26. The van der Waals surface area contributed by atoms with E-state index in [1.807, 2.05) is 0 Å². The Hall–Kier alpha value is -0.120. The van der Waals surface area contributed by atoms with Gasteiger partial charge in [0, 0.05) is 0 Å². The fourth-order valence-electron chi connectivity index (χ4n) is 0.916. The SMILES string of the molecule is C[N+](C)(C)CC(O)CCN. The van der Waals surface area contributed by atoms with E-state index in [-0.39, 0.29) is 6.10 Å². The van der Waals surface area contributed by atoms with Gasteiger partial charge in [0.2, 0.25) is 0 Å². The van der Waals surface area contributed by atoms with Crippen LogP contribution in [0, 0.1) is 0 Å². The third-order valence-corrected chi connectivity index (χ3v) is 1.26. The van der Waals surface area contributed by atoms with Crippen LogP contribution in [0.15, 0.2) is 0 Å². The van der Waals surface area contributed by atoms with Gasteiger partial charge < -0.3 is 15.3 Å². The van der Waals surface area contributed by atoms with Crippen molar-refractivity contribution < 1.29 is 9.59 Å². The average Bonchev–Trinajstić information content (AvgIpc) is 1.59. The van der Waals surface area contributed by atoms with Crippen molar-refractivity contribution in [2.24, 2.45) is 5.73 Å². The van der Waals surface area contributed by atoms with E-state index in [1.54, 1.807) is 0 Å². The van der Waals surface area contributed by atoms with E-state index in [0.717, 1.165) is 11.0 Å². The predicted octanol–water partition coefficient (Wildman–Crippen LogP) is -0.598. The Morgan fingerprint density at radius 2 is 1.90 bits per heavy atom. The van der Waals surface area contributed by atoms with Gasteiger partial charge in [-0.1, -0.05) is 0 Å². The highest BCUT2D eigenvalue weighted by atomic mass is 16.3. The smallest absolute Gasteiger partial charge is 0.104 e. The lowest BCUT2D eigenvalue weighted by Crippen LogP contribution is -2.41. The zero-order valence-electron chi connectivity index (χ0n) is 7.17. The van der Waals surface area contributed by atoms with Crippen LogP contribution in [0.4, 0.5) is 0 Å². The van der Waals surface area contributed by atoms with Crippen LogP contribution in [0.3, 0.4) is 0 Å². The summed E-state index contributed by atoms with van der Waals surface area (Å²) >= 11 is 0. The van der Waals surface area contributed by atoms with Gasteiger partial charge in [-0.05, 0) is 13.0 Å². The fourth-order valence-corrected chi connectivity index (χ4v) is 0.916. The van der Waals surface area contributed by atoms with Crippen LogP contribution in [0.5, 0.6) is 0 Å². The quantitative estimate of drug-likeness (QED) is 0.522. The molecule has 0 aliphatic heterocycles. The van der Waals surface area contributed by atoms with Crippen LogP contribution in [0.25, 0.3) is 0 Å². The van der Waals surface area contributed by atoms with Gasteiger partial charge in [0.1, 0.15) is 12.6 Å². The van der Waals surface area contributed by atoms with Crippen LogP contribution in [0.2, 0.25) is 0 Å². The van der Waals surface area contributed by atoms with Gasteiger partial charge in [0.25, 0.3) is 0 Å². The molecule has 0 bridgehead atoms. The molecule has 3 heteroatoms. The van der Waals surface area contributed by atoms with E-state index in [2.05, 4.69) is 21.1 Å². The Morgan fingerprint density at radius 1 is 1.40 bits per heavy atom. The normalized spacial score (nSPS) is 15.3. The van der Waals surface area contributed by atoms with Gasteiger partial charge in [-0.15, -0.1) is 0 Å². The maximum Gasteiger partial charge on any atom is 0.104 e. The van der Waals surface area contributed by atoms with Gasteiger partial charge in [-0.2, -0.15) is 0 Å². The molecule has 0 radical (unpaired) electrons. The number of nitrogens with zero attached hydrogens (tertiary/aromatic N) is 1. The van der Waals surface area contributed by atoms with Crippen molar-refractivity contribution in [3.05, 3.63) is 0 Å². The molecule has 10 heavy (non-hydrogen) atoms. The summed E-state index contributed by atoms with van der Waals surface area (Å²) in [5, 5.41) is 9.29. The van der Waals surface area contributed by atoms with Gasteiger partial charge in [0.05, 0.1) is 21.1 Å². The van der Waals surface area contributed by atoms with Gasteiger partial charge in [-0.3, -0.25) is 0 Å². The summed E-state index contributed by atoms with van der Waals surface area (Å²) in [5.41, 5.74) is 5.28. The summed E-state index contributed by atoms with van der Waals surface area (Å²) in [6, 6.07) is 0. The van der Waals surface area contributed by atoms with E-state index in [0.29, 0.717) is 13.0 Å². The Morgan fingerprint density at radius 3 is 2.20 bits per heavy atom. The van der Waals surface area contributed by atoms with E-state index in [4.69, 9.17) is 5.73 Å². The number of aliphatic hydroxyl groups excluding tert-OH is 1. The van der Waals surface area contributed by atoms with Crippen molar-refractivity contribution in [2.45, 2.75) is 12.5 Å². The summed E-state index contributed by atoms with van der Waals surface area (Å²) in [6.07, 6.45) is 0.459. The summed E-state index contributed by atoms with van der Waals surface area (Å²) in [5.74, 6) is 0. The van der Waals surface area contributed by atoms with Crippen LogP contribution in [-0.2, 0) is 0 Å². The Kier molecular flexibility index (Phi) is 3.86. The first-order valence-electron chi connectivity index (χ1n) is 3.64. The molecule has 0 saturated carbocycles. The maximum atomic E-state index is 9.29. The average molecular weight is 147 g/mol. The topological polar surface area (TPSA) is 46.2 Å². The molecule has 0 rings (SSSR count). The largest absolute Gasteiger partial charge is 0.387 e. The molecule has 0 saturated heterocycles.